The first-order valence-corrected chi connectivity index (χ1v) is 7.62. The van der Waals surface area contributed by atoms with Crippen molar-refractivity contribution in [3.05, 3.63) is 74.5 Å². The molecular weight excluding hydrogens is 335 g/mol. The lowest BCUT2D eigenvalue weighted by molar-refractivity contribution is -0.384. The molecule has 0 aliphatic carbocycles. The first-order valence-electron chi connectivity index (χ1n) is 7.24. The predicted octanol–water partition coefficient (Wildman–Crippen LogP) is 4.15. The molecule has 0 unspecified atom stereocenters. The van der Waals surface area contributed by atoms with Crippen LogP contribution in [0, 0.1) is 15.9 Å². The summed E-state index contributed by atoms with van der Waals surface area (Å²) in [6, 6.07) is 9.93. The van der Waals surface area contributed by atoms with Gasteiger partial charge in [-0.2, -0.15) is 0 Å². The van der Waals surface area contributed by atoms with Crippen molar-refractivity contribution in [3.63, 3.8) is 0 Å². The summed E-state index contributed by atoms with van der Waals surface area (Å²) in [6.07, 6.45) is -0.179. The minimum atomic E-state index is -0.535. The molecule has 0 heterocycles. The fraction of sp³-hybridized carbons (Fsp3) is 0.235. The van der Waals surface area contributed by atoms with Gasteiger partial charge in [0, 0.05) is 29.8 Å². The van der Waals surface area contributed by atoms with Crippen LogP contribution in [0.2, 0.25) is 5.02 Å². The fourth-order valence-electron chi connectivity index (χ4n) is 2.31. The Balaban J connectivity index is 2.18. The van der Waals surface area contributed by atoms with Crippen LogP contribution in [0.4, 0.5) is 10.1 Å². The molecular formula is C17H16ClFN2O3. The Kier molecular flexibility index (Phi) is 5.51. The van der Waals surface area contributed by atoms with Gasteiger partial charge in [0.15, 0.2) is 0 Å². The Morgan fingerprint density at radius 2 is 2.00 bits per heavy atom. The third-order valence-electron chi connectivity index (χ3n) is 3.93. The molecule has 1 amide bonds. The van der Waals surface area contributed by atoms with Gasteiger partial charge in [0.05, 0.1) is 17.4 Å². The van der Waals surface area contributed by atoms with Crippen LogP contribution in [0.5, 0.6) is 0 Å². The molecule has 0 saturated carbocycles. The normalized spacial score (nSPS) is 11.8. The van der Waals surface area contributed by atoms with Crippen LogP contribution < -0.4 is 0 Å². The summed E-state index contributed by atoms with van der Waals surface area (Å²) in [5.74, 6) is -0.867. The largest absolute Gasteiger partial charge is 0.339 e. The number of hydrogen-bond acceptors (Lipinski definition) is 3. The molecule has 0 aliphatic rings. The summed E-state index contributed by atoms with van der Waals surface area (Å²) in [4.78, 5) is 24.2. The van der Waals surface area contributed by atoms with Crippen molar-refractivity contribution in [2.75, 3.05) is 7.05 Å². The van der Waals surface area contributed by atoms with E-state index in [0.717, 1.165) is 0 Å². The van der Waals surface area contributed by atoms with Gasteiger partial charge in [0.2, 0.25) is 5.91 Å². The predicted molar refractivity (Wildman–Crippen MR) is 89.4 cm³/mol. The maximum Gasteiger partial charge on any atom is 0.269 e. The van der Waals surface area contributed by atoms with Gasteiger partial charge >= 0.3 is 0 Å². The van der Waals surface area contributed by atoms with Gasteiger partial charge in [-0.15, -0.1) is 0 Å². The summed E-state index contributed by atoms with van der Waals surface area (Å²) >= 11 is 5.94. The second-order valence-corrected chi connectivity index (χ2v) is 5.82. The van der Waals surface area contributed by atoms with Crippen molar-refractivity contribution in [1.29, 1.82) is 0 Å². The molecule has 0 aromatic heterocycles. The molecule has 2 rings (SSSR count). The highest BCUT2D eigenvalue weighted by atomic mass is 35.5. The fourth-order valence-corrected chi connectivity index (χ4v) is 2.54. The molecule has 7 heteroatoms. The topological polar surface area (TPSA) is 63.5 Å². The zero-order chi connectivity index (χ0) is 17.9. The van der Waals surface area contributed by atoms with Crippen LogP contribution in [0.15, 0.2) is 42.5 Å². The third-order valence-corrected chi connectivity index (χ3v) is 4.28. The van der Waals surface area contributed by atoms with Crippen molar-refractivity contribution in [1.82, 2.24) is 4.90 Å². The van der Waals surface area contributed by atoms with Gasteiger partial charge in [-0.3, -0.25) is 14.9 Å². The summed E-state index contributed by atoms with van der Waals surface area (Å²) in [7, 11) is 1.57. The number of benzene rings is 2. The van der Waals surface area contributed by atoms with Gasteiger partial charge < -0.3 is 4.90 Å². The molecule has 1 atom stereocenters. The van der Waals surface area contributed by atoms with E-state index in [0.29, 0.717) is 5.56 Å². The van der Waals surface area contributed by atoms with E-state index >= 15 is 0 Å². The van der Waals surface area contributed by atoms with E-state index in [-0.39, 0.29) is 28.6 Å². The van der Waals surface area contributed by atoms with Gasteiger partial charge in [-0.05, 0) is 24.6 Å². The van der Waals surface area contributed by atoms with E-state index in [1.165, 1.54) is 35.2 Å². The Labute approximate surface area is 143 Å². The Morgan fingerprint density at radius 3 is 2.62 bits per heavy atom. The molecule has 0 N–H and O–H groups in total. The zero-order valence-electron chi connectivity index (χ0n) is 13.2. The van der Waals surface area contributed by atoms with E-state index in [9.17, 15) is 19.3 Å². The minimum absolute atomic E-state index is 0.0441. The molecule has 24 heavy (non-hydrogen) atoms. The van der Waals surface area contributed by atoms with Gasteiger partial charge in [0.1, 0.15) is 5.82 Å². The average Bonchev–Trinajstić information content (AvgIpc) is 2.56. The van der Waals surface area contributed by atoms with E-state index in [1.54, 1.807) is 26.1 Å². The minimum Gasteiger partial charge on any atom is -0.339 e. The monoisotopic (exact) mass is 350 g/mol. The highest BCUT2D eigenvalue weighted by Gasteiger charge is 2.21. The van der Waals surface area contributed by atoms with Crippen molar-refractivity contribution in [2.24, 2.45) is 0 Å². The lowest BCUT2D eigenvalue weighted by Gasteiger charge is -2.25. The molecule has 0 saturated heterocycles. The standard InChI is InChI=1S/C17H16ClFN2O3/c1-11(12-5-3-6-13(9-12)21(23)24)20(2)17(22)10-14-15(18)7-4-8-16(14)19/h3-9,11H,10H2,1-2H3/t11-/m1/s1. The highest BCUT2D eigenvalue weighted by Crippen LogP contribution is 2.25. The second-order valence-electron chi connectivity index (χ2n) is 5.41. The third kappa shape index (κ3) is 3.89. The lowest BCUT2D eigenvalue weighted by Crippen LogP contribution is -2.31. The number of likely N-dealkylation sites (N-methyl/N-ethyl adjacent to an activating group) is 1. The van der Waals surface area contributed by atoms with E-state index in [1.807, 2.05) is 0 Å². The number of non-ortho nitro benzene ring substituents is 1. The second kappa shape index (κ2) is 7.40. The number of nitro benzene ring substituents is 1. The number of hydrogen-bond donors (Lipinski definition) is 0. The SMILES string of the molecule is C[C@H](c1cccc([N+](=O)[O-])c1)N(C)C(=O)Cc1c(F)cccc1Cl. The maximum absolute atomic E-state index is 13.8. The number of halogens is 2. The Morgan fingerprint density at radius 1 is 1.33 bits per heavy atom. The van der Waals surface area contributed by atoms with Gasteiger partial charge in [-0.25, -0.2) is 4.39 Å². The molecule has 0 fully saturated rings. The molecule has 0 radical (unpaired) electrons. The van der Waals surface area contributed by atoms with Gasteiger partial charge in [-0.1, -0.05) is 29.8 Å². The van der Waals surface area contributed by atoms with Crippen molar-refractivity contribution in [3.8, 4) is 0 Å². The first-order chi connectivity index (χ1) is 11.3. The molecule has 2 aromatic carbocycles. The number of nitrogens with zero attached hydrogens (tertiary/aromatic N) is 2. The summed E-state index contributed by atoms with van der Waals surface area (Å²) in [6.45, 7) is 1.75. The van der Waals surface area contributed by atoms with Crippen LogP contribution >= 0.6 is 11.6 Å². The average molecular weight is 351 g/mol. The molecule has 0 bridgehead atoms. The summed E-state index contributed by atoms with van der Waals surface area (Å²) in [5, 5.41) is 11.1. The first kappa shape index (κ1) is 17.9. The van der Waals surface area contributed by atoms with Crippen LogP contribution in [0.1, 0.15) is 24.1 Å². The van der Waals surface area contributed by atoms with Crippen LogP contribution in [-0.4, -0.2) is 22.8 Å². The van der Waals surface area contributed by atoms with Crippen molar-refractivity contribution < 1.29 is 14.1 Å². The number of nitro groups is 1. The molecule has 5 nitrogen and oxygen atoms in total. The van der Waals surface area contributed by atoms with Crippen LogP contribution in [0.25, 0.3) is 0 Å². The number of rotatable bonds is 5. The number of carbonyl (C=O) groups is 1. The Hall–Kier alpha value is -2.47. The Bertz CT molecular complexity index is 762. The maximum atomic E-state index is 13.8. The van der Waals surface area contributed by atoms with Crippen LogP contribution in [0.3, 0.4) is 0 Å². The number of amides is 1. The molecule has 0 aliphatic heterocycles. The van der Waals surface area contributed by atoms with E-state index in [4.69, 9.17) is 11.6 Å². The molecule has 0 spiro atoms. The number of carbonyl (C=O) groups excluding carboxylic acids is 1. The van der Waals surface area contributed by atoms with Gasteiger partial charge in [0.25, 0.3) is 5.69 Å². The summed E-state index contributed by atoms with van der Waals surface area (Å²) in [5.41, 5.74) is 0.722. The quantitative estimate of drug-likeness (QED) is 0.601. The van der Waals surface area contributed by atoms with Crippen molar-refractivity contribution in [2.45, 2.75) is 19.4 Å². The lowest BCUT2D eigenvalue weighted by atomic mass is 10.0. The van der Waals surface area contributed by atoms with Crippen LogP contribution in [-0.2, 0) is 11.2 Å². The van der Waals surface area contributed by atoms with E-state index < -0.39 is 16.8 Å². The highest BCUT2D eigenvalue weighted by molar-refractivity contribution is 6.31. The smallest absolute Gasteiger partial charge is 0.269 e. The van der Waals surface area contributed by atoms with Crippen molar-refractivity contribution >= 4 is 23.2 Å². The molecule has 126 valence electrons. The van der Waals surface area contributed by atoms with E-state index in [2.05, 4.69) is 0 Å². The summed E-state index contributed by atoms with van der Waals surface area (Å²) < 4.78 is 13.8. The zero-order valence-corrected chi connectivity index (χ0v) is 14.0. The molecule has 2 aromatic rings.